The maximum absolute atomic E-state index is 13.1. The minimum absolute atomic E-state index is 0.111. The van der Waals surface area contributed by atoms with Crippen LogP contribution in [0.3, 0.4) is 0 Å². The first kappa shape index (κ1) is 18.6. The fourth-order valence-corrected chi connectivity index (χ4v) is 5.32. The highest BCUT2D eigenvalue weighted by Crippen LogP contribution is 2.33. The normalized spacial score (nSPS) is 24.0. The average Bonchev–Trinajstić information content (AvgIpc) is 3.50. The fourth-order valence-electron chi connectivity index (χ4n) is 5.32. The molecule has 1 amide bonds. The van der Waals surface area contributed by atoms with E-state index in [1.165, 1.54) is 24.1 Å². The Balaban J connectivity index is 1.18. The first-order chi connectivity index (χ1) is 14.7. The number of nitrogens with zero attached hydrogens (tertiary/aromatic N) is 7. The molecular weight excluding hydrogens is 378 g/mol. The lowest BCUT2D eigenvalue weighted by molar-refractivity contribution is -0.138. The third kappa shape index (κ3) is 3.17. The molecule has 6 rings (SSSR count). The van der Waals surface area contributed by atoms with E-state index in [0.717, 1.165) is 82.7 Å². The number of likely N-dealkylation sites (N-methyl/N-ethyl adjacent to an activating group) is 1. The van der Waals surface area contributed by atoms with Gasteiger partial charge in [-0.3, -0.25) is 9.69 Å². The summed E-state index contributed by atoms with van der Waals surface area (Å²) in [7, 11) is 2.18. The summed E-state index contributed by atoms with van der Waals surface area (Å²) in [5.41, 5.74) is 3.44. The van der Waals surface area contributed by atoms with Crippen molar-refractivity contribution in [2.45, 2.75) is 31.7 Å². The van der Waals surface area contributed by atoms with Crippen molar-refractivity contribution in [3.05, 3.63) is 23.5 Å². The highest BCUT2D eigenvalue weighted by molar-refractivity contribution is 5.82. The predicted molar refractivity (Wildman–Crippen MR) is 115 cm³/mol. The number of aromatic nitrogens is 3. The molecular formula is C22H31N7O. The van der Waals surface area contributed by atoms with Crippen LogP contribution in [0.25, 0.3) is 5.65 Å². The minimum Gasteiger partial charge on any atom is -0.354 e. The summed E-state index contributed by atoms with van der Waals surface area (Å²) in [6, 6.07) is 2.79. The van der Waals surface area contributed by atoms with E-state index in [-0.39, 0.29) is 5.92 Å². The Kier molecular flexibility index (Phi) is 4.46. The standard InChI is InChI=1S/C22H31N7O/c1-25-8-5-18-19(6-9-25)24-20-4-7-23-29(20)21(18)28-14-16(15-28)22(30)27-12-10-26(11-13-27)17-2-3-17/h4,7,16-17H,2-3,5-6,8-15H2,1H3. The number of hydrogen-bond donors (Lipinski definition) is 0. The highest BCUT2D eigenvalue weighted by Gasteiger charge is 2.40. The molecule has 1 aliphatic carbocycles. The van der Waals surface area contributed by atoms with Crippen LogP contribution < -0.4 is 4.90 Å². The van der Waals surface area contributed by atoms with E-state index in [1.807, 2.05) is 16.8 Å². The summed E-state index contributed by atoms with van der Waals surface area (Å²) < 4.78 is 1.99. The first-order valence-corrected chi connectivity index (χ1v) is 11.5. The van der Waals surface area contributed by atoms with E-state index in [2.05, 4.69) is 31.7 Å². The minimum atomic E-state index is 0.111. The van der Waals surface area contributed by atoms with E-state index < -0.39 is 0 Å². The number of amides is 1. The van der Waals surface area contributed by atoms with Crippen LogP contribution >= 0.6 is 0 Å². The molecule has 8 heteroatoms. The van der Waals surface area contributed by atoms with Crippen molar-refractivity contribution < 1.29 is 4.79 Å². The van der Waals surface area contributed by atoms with Gasteiger partial charge in [0.25, 0.3) is 0 Å². The van der Waals surface area contributed by atoms with Gasteiger partial charge < -0.3 is 14.7 Å². The van der Waals surface area contributed by atoms with Gasteiger partial charge in [0.1, 0.15) is 5.82 Å². The van der Waals surface area contributed by atoms with Crippen LogP contribution in [0.4, 0.5) is 5.82 Å². The van der Waals surface area contributed by atoms with Gasteiger partial charge in [-0.05, 0) is 26.3 Å². The van der Waals surface area contributed by atoms with Crippen LogP contribution in [-0.2, 0) is 17.6 Å². The smallest absolute Gasteiger partial charge is 0.229 e. The number of fused-ring (bicyclic) bond motifs is 2. The van der Waals surface area contributed by atoms with Gasteiger partial charge in [0.2, 0.25) is 5.91 Å². The molecule has 3 fully saturated rings. The molecule has 30 heavy (non-hydrogen) atoms. The van der Waals surface area contributed by atoms with E-state index in [9.17, 15) is 4.79 Å². The molecule has 4 aliphatic rings. The summed E-state index contributed by atoms with van der Waals surface area (Å²) in [6.07, 6.45) is 6.49. The molecule has 0 N–H and O–H groups in total. The average molecular weight is 410 g/mol. The van der Waals surface area contributed by atoms with Crippen molar-refractivity contribution in [3.63, 3.8) is 0 Å². The molecule has 0 atom stereocenters. The lowest BCUT2D eigenvalue weighted by Crippen LogP contribution is -2.58. The predicted octanol–water partition coefficient (Wildman–Crippen LogP) is 0.503. The lowest BCUT2D eigenvalue weighted by Gasteiger charge is -2.44. The Bertz CT molecular complexity index is 954. The SMILES string of the molecule is CN1CCc2nc3ccnn3c(N3CC(C(=O)N4CCN(C5CC5)CC4)C3)c2CC1. The Morgan fingerprint density at radius 1 is 1.03 bits per heavy atom. The second kappa shape index (κ2) is 7.20. The molecule has 5 heterocycles. The van der Waals surface area contributed by atoms with Crippen molar-refractivity contribution in [1.82, 2.24) is 29.3 Å². The zero-order valence-corrected chi connectivity index (χ0v) is 17.8. The fraction of sp³-hybridized carbons (Fsp3) is 0.682. The first-order valence-electron chi connectivity index (χ1n) is 11.5. The molecule has 2 aromatic heterocycles. The quantitative estimate of drug-likeness (QED) is 0.736. The maximum atomic E-state index is 13.1. The molecule has 2 aromatic rings. The zero-order chi connectivity index (χ0) is 20.2. The Labute approximate surface area is 177 Å². The summed E-state index contributed by atoms with van der Waals surface area (Å²) in [5.74, 6) is 1.62. The van der Waals surface area contributed by atoms with Crippen molar-refractivity contribution in [1.29, 1.82) is 0 Å². The number of piperazine rings is 1. The van der Waals surface area contributed by atoms with Gasteiger partial charge in [0.15, 0.2) is 5.65 Å². The van der Waals surface area contributed by atoms with E-state index >= 15 is 0 Å². The van der Waals surface area contributed by atoms with Gasteiger partial charge in [-0.1, -0.05) is 0 Å². The van der Waals surface area contributed by atoms with Crippen LogP contribution in [0.1, 0.15) is 24.1 Å². The van der Waals surface area contributed by atoms with E-state index in [4.69, 9.17) is 4.98 Å². The molecule has 160 valence electrons. The molecule has 0 unspecified atom stereocenters. The second-order valence-electron chi connectivity index (χ2n) is 9.46. The lowest BCUT2D eigenvalue weighted by atomic mass is 9.96. The third-order valence-electron chi connectivity index (χ3n) is 7.38. The molecule has 2 saturated heterocycles. The van der Waals surface area contributed by atoms with Crippen LogP contribution in [0.2, 0.25) is 0 Å². The number of carbonyl (C=O) groups excluding carboxylic acids is 1. The van der Waals surface area contributed by atoms with Crippen LogP contribution in [0.5, 0.6) is 0 Å². The van der Waals surface area contributed by atoms with Crippen LogP contribution in [-0.4, -0.2) is 101 Å². The summed E-state index contributed by atoms with van der Waals surface area (Å²) in [4.78, 5) is 27.4. The molecule has 8 nitrogen and oxygen atoms in total. The largest absolute Gasteiger partial charge is 0.354 e. The van der Waals surface area contributed by atoms with E-state index in [0.29, 0.717) is 5.91 Å². The molecule has 0 bridgehead atoms. The van der Waals surface area contributed by atoms with Crippen molar-refractivity contribution in [3.8, 4) is 0 Å². The van der Waals surface area contributed by atoms with Crippen molar-refractivity contribution in [2.24, 2.45) is 5.92 Å². The number of hydrogen-bond acceptors (Lipinski definition) is 6. The second-order valence-corrected chi connectivity index (χ2v) is 9.46. The molecule has 3 aliphatic heterocycles. The Hall–Kier alpha value is -2.19. The number of rotatable bonds is 3. The summed E-state index contributed by atoms with van der Waals surface area (Å²) >= 11 is 0. The molecule has 1 saturated carbocycles. The molecule has 0 aromatic carbocycles. The summed E-state index contributed by atoms with van der Waals surface area (Å²) in [6.45, 7) is 7.55. The van der Waals surface area contributed by atoms with Gasteiger partial charge in [-0.15, -0.1) is 0 Å². The van der Waals surface area contributed by atoms with Crippen LogP contribution in [0.15, 0.2) is 12.3 Å². The monoisotopic (exact) mass is 409 g/mol. The van der Waals surface area contributed by atoms with Crippen LogP contribution in [0, 0.1) is 5.92 Å². The molecule has 0 radical (unpaired) electrons. The van der Waals surface area contributed by atoms with Gasteiger partial charge in [-0.25, -0.2) is 4.98 Å². The zero-order valence-electron chi connectivity index (χ0n) is 17.8. The van der Waals surface area contributed by atoms with E-state index in [1.54, 1.807) is 0 Å². The number of carbonyl (C=O) groups is 1. The Morgan fingerprint density at radius 3 is 2.57 bits per heavy atom. The van der Waals surface area contributed by atoms with Crippen molar-refractivity contribution >= 4 is 17.4 Å². The Morgan fingerprint density at radius 2 is 1.80 bits per heavy atom. The highest BCUT2D eigenvalue weighted by atomic mass is 16.2. The van der Waals surface area contributed by atoms with Gasteiger partial charge >= 0.3 is 0 Å². The summed E-state index contributed by atoms with van der Waals surface area (Å²) in [5, 5.41) is 4.57. The third-order valence-corrected chi connectivity index (χ3v) is 7.38. The van der Waals surface area contributed by atoms with Gasteiger partial charge in [0, 0.05) is 76.5 Å². The topological polar surface area (TPSA) is 60.2 Å². The van der Waals surface area contributed by atoms with Gasteiger partial charge in [-0.2, -0.15) is 9.61 Å². The molecule has 0 spiro atoms. The van der Waals surface area contributed by atoms with Gasteiger partial charge in [0.05, 0.1) is 17.8 Å². The van der Waals surface area contributed by atoms with Crippen molar-refractivity contribution in [2.75, 3.05) is 64.3 Å². The number of anilines is 1. The maximum Gasteiger partial charge on any atom is 0.229 e.